The molecular weight excluding hydrogens is 224 g/mol. The van der Waals surface area contributed by atoms with E-state index >= 15 is 0 Å². The van der Waals surface area contributed by atoms with Gasteiger partial charge >= 0.3 is 0 Å². The van der Waals surface area contributed by atoms with Crippen LogP contribution in [0.4, 0.5) is 0 Å². The van der Waals surface area contributed by atoms with Gasteiger partial charge in [0.1, 0.15) is 0 Å². The zero-order valence-electron chi connectivity index (χ0n) is 12.2. The monoisotopic (exact) mass is 254 g/mol. The Balaban J connectivity index is 1.53. The summed E-state index contributed by atoms with van der Waals surface area (Å²) in [7, 11) is 4.08. The number of likely N-dealkylation sites (tertiary alicyclic amines) is 1. The molecule has 18 heavy (non-hydrogen) atoms. The number of methoxy groups -OCH3 is 1. The molecule has 2 aliphatic rings. The molecule has 0 radical (unpaired) electrons. The van der Waals surface area contributed by atoms with Crippen molar-refractivity contribution in [1.29, 1.82) is 0 Å². The number of hydrogen-bond acceptors (Lipinski definition) is 3. The van der Waals surface area contributed by atoms with E-state index in [1.807, 2.05) is 7.11 Å². The molecule has 0 aromatic heterocycles. The maximum atomic E-state index is 5.42. The molecule has 0 unspecified atom stereocenters. The van der Waals surface area contributed by atoms with E-state index in [-0.39, 0.29) is 0 Å². The average Bonchev–Trinajstić information content (AvgIpc) is 2.42. The number of hydrogen-bond donors (Lipinski definition) is 1. The lowest BCUT2D eigenvalue weighted by atomic mass is 9.91. The topological polar surface area (TPSA) is 24.5 Å². The molecule has 0 amide bonds. The summed E-state index contributed by atoms with van der Waals surface area (Å²) in [6, 6.07) is 0.752. The molecule has 3 nitrogen and oxygen atoms in total. The van der Waals surface area contributed by atoms with Crippen molar-refractivity contribution in [2.75, 3.05) is 33.8 Å². The average molecular weight is 254 g/mol. The van der Waals surface area contributed by atoms with Gasteiger partial charge in [-0.1, -0.05) is 0 Å². The molecule has 0 aromatic carbocycles. The van der Waals surface area contributed by atoms with E-state index in [0.29, 0.717) is 6.10 Å². The van der Waals surface area contributed by atoms with Crippen LogP contribution in [0, 0.1) is 5.92 Å². The molecule has 0 atom stereocenters. The Morgan fingerprint density at radius 3 is 2.33 bits per heavy atom. The van der Waals surface area contributed by atoms with Crippen LogP contribution in [-0.2, 0) is 4.74 Å². The Morgan fingerprint density at radius 2 is 1.72 bits per heavy atom. The molecular formula is C15H30N2O. The fourth-order valence-corrected chi connectivity index (χ4v) is 3.34. The fourth-order valence-electron chi connectivity index (χ4n) is 3.34. The lowest BCUT2D eigenvalue weighted by molar-refractivity contribution is 0.0623. The van der Waals surface area contributed by atoms with Gasteiger partial charge in [-0.15, -0.1) is 0 Å². The number of piperidine rings is 1. The van der Waals surface area contributed by atoms with E-state index < -0.39 is 0 Å². The van der Waals surface area contributed by atoms with Gasteiger partial charge in [0.2, 0.25) is 0 Å². The van der Waals surface area contributed by atoms with Crippen molar-refractivity contribution in [2.45, 2.75) is 57.1 Å². The van der Waals surface area contributed by atoms with Gasteiger partial charge in [-0.2, -0.15) is 0 Å². The number of rotatable bonds is 5. The third-order valence-corrected chi connectivity index (χ3v) is 4.83. The Labute approximate surface area is 112 Å². The molecule has 106 valence electrons. The molecule has 1 aliphatic carbocycles. The molecule has 2 fully saturated rings. The highest BCUT2D eigenvalue weighted by atomic mass is 16.5. The first kappa shape index (κ1) is 14.3. The first-order valence-electron chi connectivity index (χ1n) is 7.72. The summed E-state index contributed by atoms with van der Waals surface area (Å²) >= 11 is 0. The Hall–Kier alpha value is -0.120. The highest BCUT2D eigenvalue weighted by Gasteiger charge is 2.21. The Morgan fingerprint density at radius 1 is 1.06 bits per heavy atom. The molecule has 2 rings (SSSR count). The minimum absolute atomic E-state index is 0.525. The van der Waals surface area contributed by atoms with Gasteiger partial charge in [0.15, 0.2) is 0 Å². The molecule has 1 N–H and O–H groups in total. The molecule has 3 heteroatoms. The van der Waals surface area contributed by atoms with E-state index in [9.17, 15) is 0 Å². The number of nitrogens with zero attached hydrogens (tertiary/aromatic N) is 1. The molecule has 1 saturated carbocycles. The maximum absolute atomic E-state index is 5.42. The van der Waals surface area contributed by atoms with Crippen LogP contribution in [0.5, 0.6) is 0 Å². The van der Waals surface area contributed by atoms with Gasteiger partial charge in [0.05, 0.1) is 6.10 Å². The van der Waals surface area contributed by atoms with Gasteiger partial charge in [-0.25, -0.2) is 0 Å². The van der Waals surface area contributed by atoms with Crippen molar-refractivity contribution < 1.29 is 4.74 Å². The lowest BCUT2D eigenvalue weighted by Gasteiger charge is -2.31. The van der Waals surface area contributed by atoms with Crippen LogP contribution in [0.2, 0.25) is 0 Å². The highest BCUT2D eigenvalue weighted by Crippen LogP contribution is 2.22. The second-order valence-corrected chi connectivity index (χ2v) is 6.20. The standard InChI is InChI=1S/C15H30N2O/c1-17-11-8-13(9-12-17)7-10-16-14-3-5-15(18-2)6-4-14/h13-16H,3-12H2,1-2H3. The molecule has 1 heterocycles. The second-order valence-electron chi connectivity index (χ2n) is 6.20. The summed E-state index contributed by atoms with van der Waals surface area (Å²) in [4.78, 5) is 2.45. The van der Waals surface area contributed by atoms with Crippen molar-refractivity contribution in [3.8, 4) is 0 Å². The van der Waals surface area contributed by atoms with Gasteiger partial charge in [-0.05, 0) is 77.5 Å². The quantitative estimate of drug-likeness (QED) is 0.814. The summed E-state index contributed by atoms with van der Waals surface area (Å²) in [5.74, 6) is 0.962. The lowest BCUT2D eigenvalue weighted by Crippen LogP contribution is -2.37. The second kappa shape index (κ2) is 7.46. The minimum atomic E-state index is 0.525. The summed E-state index contributed by atoms with van der Waals surface area (Å²) in [5, 5.41) is 3.76. The van der Waals surface area contributed by atoms with Crippen molar-refractivity contribution in [3.63, 3.8) is 0 Å². The van der Waals surface area contributed by atoms with Crippen LogP contribution in [0.15, 0.2) is 0 Å². The van der Waals surface area contributed by atoms with Crippen molar-refractivity contribution >= 4 is 0 Å². The van der Waals surface area contributed by atoms with Crippen LogP contribution < -0.4 is 5.32 Å². The molecule has 1 aliphatic heterocycles. The Bertz CT molecular complexity index is 219. The van der Waals surface area contributed by atoms with Crippen LogP contribution in [0.3, 0.4) is 0 Å². The largest absolute Gasteiger partial charge is 0.381 e. The van der Waals surface area contributed by atoms with Crippen LogP contribution in [-0.4, -0.2) is 50.8 Å². The predicted octanol–water partition coefficient (Wildman–Crippen LogP) is 2.27. The summed E-state index contributed by atoms with van der Waals surface area (Å²) in [6.45, 7) is 3.81. The first-order valence-corrected chi connectivity index (χ1v) is 7.72. The maximum Gasteiger partial charge on any atom is 0.0572 e. The van der Waals surface area contributed by atoms with Gasteiger partial charge < -0.3 is 15.0 Å². The van der Waals surface area contributed by atoms with E-state index in [1.54, 1.807) is 0 Å². The molecule has 0 spiro atoms. The summed E-state index contributed by atoms with van der Waals surface area (Å²) < 4.78 is 5.42. The van der Waals surface area contributed by atoms with E-state index in [0.717, 1.165) is 12.0 Å². The summed E-state index contributed by atoms with van der Waals surface area (Å²) in [6.07, 6.45) is 9.76. The van der Waals surface area contributed by atoms with Crippen LogP contribution in [0.1, 0.15) is 44.9 Å². The number of nitrogens with one attached hydrogen (secondary N) is 1. The summed E-state index contributed by atoms with van der Waals surface area (Å²) in [5.41, 5.74) is 0. The van der Waals surface area contributed by atoms with Crippen LogP contribution in [0.25, 0.3) is 0 Å². The first-order chi connectivity index (χ1) is 8.78. The molecule has 1 saturated heterocycles. The zero-order valence-corrected chi connectivity index (χ0v) is 12.2. The van der Waals surface area contributed by atoms with Crippen molar-refractivity contribution in [3.05, 3.63) is 0 Å². The third-order valence-electron chi connectivity index (χ3n) is 4.83. The highest BCUT2D eigenvalue weighted by molar-refractivity contribution is 4.78. The van der Waals surface area contributed by atoms with E-state index in [4.69, 9.17) is 4.74 Å². The Kier molecular flexibility index (Phi) is 5.93. The van der Waals surface area contributed by atoms with Gasteiger partial charge in [0.25, 0.3) is 0 Å². The number of ether oxygens (including phenoxy) is 1. The fraction of sp³-hybridized carbons (Fsp3) is 1.00. The van der Waals surface area contributed by atoms with Crippen molar-refractivity contribution in [2.24, 2.45) is 5.92 Å². The minimum Gasteiger partial charge on any atom is -0.381 e. The third kappa shape index (κ3) is 4.52. The predicted molar refractivity (Wildman–Crippen MR) is 75.9 cm³/mol. The normalized spacial score (nSPS) is 31.7. The molecule has 0 aromatic rings. The SMILES string of the molecule is COC1CCC(NCCC2CCN(C)CC2)CC1. The van der Waals surface area contributed by atoms with E-state index in [2.05, 4.69) is 17.3 Å². The van der Waals surface area contributed by atoms with Gasteiger partial charge in [-0.3, -0.25) is 0 Å². The van der Waals surface area contributed by atoms with Gasteiger partial charge in [0, 0.05) is 13.2 Å². The smallest absolute Gasteiger partial charge is 0.0572 e. The molecule has 0 bridgehead atoms. The zero-order chi connectivity index (χ0) is 12.8. The van der Waals surface area contributed by atoms with Crippen LogP contribution >= 0.6 is 0 Å². The van der Waals surface area contributed by atoms with E-state index in [1.165, 1.54) is 64.6 Å². The van der Waals surface area contributed by atoms with Crippen molar-refractivity contribution in [1.82, 2.24) is 10.2 Å².